The number of hydrogen-bond acceptors (Lipinski definition) is 3. The lowest BCUT2D eigenvalue weighted by atomic mass is 10.1. The van der Waals surface area contributed by atoms with E-state index in [2.05, 4.69) is 0 Å². The number of hydrogen-bond donors (Lipinski definition) is 0. The van der Waals surface area contributed by atoms with Crippen LogP contribution in [0, 0.1) is 0 Å². The highest BCUT2D eigenvalue weighted by atomic mass is 32.2. The van der Waals surface area contributed by atoms with Crippen molar-refractivity contribution in [3.63, 3.8) is 0 Å². The fourth-order valence-electron chi connectivity index (χ4n) is 1.44. The molecule has 1 aromatic carbocycles. The topological polar surface area (TPSA) is 51.2 Å². The van der Waals surface area contributed by atoms with Crippen molar-refractivity contribution in [1.29, 1.82) is 0 Å². The van der Waals surface area contributed by atoms with Gasteiger partial charge in [-0.25, -0.2) is 8.42 Å². The Morgan fingerprint density at radius 3 is 2.12 bits per heavy atom. The summed E-state index contributed by atoms with van der Waals surface area (Å²) in [4.78, 5) is 11.2. The van der Waals surface area contributed by atoms with Crippen molar-refractivity contribution in [2.75, 3.05) is 0 Å². The first-order valence-corrected chi connectivity index (χ1v) is 7.21. The van der Waals surface area contributed by atoms with Crippen molar-refractivity contribution >= 4 is 15.6 Å². The van der Waals surface area contributed by atoms with Gasteiger partial charge >= 0.3 is 0 Å². The number of benzene rings is 1. The maximum absolute atomic E-state index is 11.9. The summed E-state index contributed by atoms with van der Waals surface area (Å²) in [5.74, 6) is 0.142. The molecule has 0 aliphatic rings. The highest BCUT2D eigenvalue weighted by Crippen LogP contribution is 2.17. The second-order valence-electron chi connectivity index (χ2n) is 4.44. The van der Waals surface area contributed by atoms with E-state index >= 15 is 0 Å². The van der Waals surface area contributed by atoms with Crippen molar-refractivity contribution in [2.45, 2.75) is 43.8 Å². The van der Waals surface area contributed by atoms with Crippen molar-refractivity contribution in [2.24, 2.45) is 0 Å². The van der Waals surface area contributed by atoms with E-state index in [1.807, 2.05) is 0 Å². The van der Waals surface area contributed by atoms with Crippen LogP contribution in [0.25, 0.3) is 0 Å². The molecular formula is C13H18O3S. The van der Waals surface area contributed by atoms with Crippen molar-refractivity contribution in [3.05, 3.63) is 29.8 Å². The Kier molecular flexibility index (Phi) is 4.46. The van der Waals surface area contributed by atoms with Gasteiger partial charge in [-0.2, -0.15) is 0 Å². The van der Waals surface area contributed by atoms with E-state index in [0.29, 0.717) is 17.7 Å². The molecule has 17 heavy (non-hydrogen) atoms. The Bertz CT molecular complexity index is 484. The maximum Gasteiger partial charge on any atom is 0.180 e. The highest BCUT2D eigenvalue weighted by Gasteiger charge is 2.18. The van der Waals surface area contributed by atoms with Crippen LogP contribution in [0.4, 0.5) is 0 Å². The average molecular weight is 254 g/mol. The molecule has 0 heterocycles. The maximum atomic E-state index is 11.9. The van der Waals surface area contributed by atoms with Crippen LogP contribution in [-0.2, 0) is 21.1 Å². The molecule has 0 spiro atoms. The lowest BCUT2D eigenvalue weighted by Gasteiger charge is -2.08. The Morgan fingerprint density at radius 2 is 1.71 bits per heavy atom. The second-order valence-corrected chi connectivity index (χ2v) is 6.94. The molecule has 0 radical (unpaired) electrons. The standard InChI is InChI=1S/C13H18O3S/c1-10(2)17(15,16)13-8-6-12(7-9-13)5-4-11(3)14/h6-10H,4-5H2,1-3H3. The molecule has 0 atom stereocenters. The number of Topliss-reactive ketones (excluding diaryl/α,β-unsaturated/α-hetero) is 1. The molecule has 94 valence electrons. The van der Waals surface area contributed by atoms with Crippen molar-refractivity contribution in [3.8, 4) is 0 Å². The average Bonchev–Trinajstić information content (AvgIpc) is 2.26. The largest absolute Gasteiger partial charge is 0.300 e. The smallest absolute Gasteiger partial charge is 0.180 e. The molecule has 1 rings (SSSR count). The van der Waals surface area contributed by atoms with Crippen LogP contribution in [-0.4, -0.2) is 19.5 Å². The number of carbonyl (C=O) groups excluding carboxylic acids is 1. The van der Waals surface area contributed by atoms with E-state index in [-0.39, 0.29) is 5.78 Å². The minimum atomic E-state index is -3.19. The third kappa shape index (κ3) is 3.66. The van der Waals surface area contributed by atoms with Gasteiger partial charge in [0.05, 0.1) is 10.1 Å². The van der Waals surface area contributed by atoms with E-state index in [9.17, 15) is 13.2 Å². The van der Waals surface area contributed by atoms with Gasteiger partial charge in [0.25, 0.3) is 0 Å². The van der Waals surface area contributed by atoms with Gasteiger partial charge in [-0.15, -0.1) is 0 Å². The van der Waals surface area contributed by atoms with Crippen molar-refractivity contribution < 1.29 is 13.2 Å². The minimum absolute atomic E-state index is 0.142. The first-order chi connectivity index (χ1) is 7.84. The SMILES string of the molecule is CC(=O)CCc1ccc(S(=O)(=O)C(C)C)cc1. The highest BCUT2D eigenvalue weighted by molar-refractivity contribution is 7.92. The van der Waals surface area contributed by atoms with Crippen LogP contribution in [0.5, 0.6) is 0 Å². The van der Waals surface area contributed by atoms with Crippen LogP contribution in [0.2, 0.25) is 0 Å². The molecule has 0 saturated heterocycles. The summed E-state index contributed by atoms with van der Waals surface area (Å²) in [6.45, 7) is 4.88. The summed E-state index contributed by atoms with van der Waals surface area (Å²) in [5.41, 5.74) is 0.989. The van der Waals surface area contributed by atoms with Crippen LogP contribution >= 0.6 is 0 Å². The molecule has 0 saturated carbocycles. The number of carbonyl (C=O) groups is 1. The van der Waals surface area contributed by atoms with Gasteiger partial charge in [0.2, 0.25) is 0 Å². The fourth-order valence-corrected chi connectivity index (χ4v) is 2.50. The summed E-state index contributed by atoms with van der Waals surface area (Å²) in [6, 6.07) is 6.78. The Balaban J connectivity index is 2.85. The summed E-state index contributed by atoms with van der Waals surface area (Å²) in [5, 5.41) is -0.412. The molecule has 0 unspecified atom stereocenters. The summed E-state index contributed by atoms with van der Waals surface area (Å²) in [6.07, 6.45) is 1.16. The summed E-state index contributed by atoms with van der Waals surface area (Å²) in [7, 11) is -3.19. The number of rotatable bonds is 5. The lowest BCUT2D eigenvalue weighted by Crippen LogP contribution is -2.13. The quantitative estimate of drug-likeness (QED) is 0.810. The van der Waals surface area contributed by atoms with E-state index in [1.54, 1.807) is 45.0 Å². The fraction of sp³-hybridized carbons (Fsp3) is 0.462. The van der Waals surface area contributed by atoms with Gasteiger partial charge in [-0.1, -0.05) is 12.1 Å². The van der Waals surface area contributed by atoms with Crippen LogP contribution in [0.1, 0.15) is 32.8 Å². The third-order valence-electron chi connectivity index (χ3n) is 2.64. The molecule has 0 aromatic heterocycles. The summed E-state index contributed by atoms with van der Waals surface area (Å²) >= 11 is 0. The zero-order valence-corrected chi connectivity index (χ0v) is 11.3. The third-order valence-corrected chi connectivity index (χ3v) is 4.81. The molecule has 0 aliphatic carbocycles. The Morgan fingerprint density at radius 1 is 1.18 bits per heavy atom. The first-order valence-electron chi connectivity index (χ1n) is 5.66. The predicted octanol–water partition coefficient (Wildman–Crippen LogP) is 2.39. The Labute approximate surface area is 103 Å². The van der Waals surface area contributed by atoms with Gasteiger partial charge in [-0.05, 0) is 44.9 Å². The lowest BCUT2D eigenvalue weighted by molar-refractivity contribution is -0.116. The van der Waals surface area contributed by atoms with Crippen molar-refractivity contribution in [1.82, 2.24) is 0 Å². The molecule has 3 nitrogen and oxygen atoms in total. The van der Waals surface area contributed by atoms with Gasteiger partial charge in [0.1, 0.15) is 5.78 Å². The molecule has 0 amide bonds. The monoisotopic (exact) mass is 254 g/mol. The van der Waals surface area contributed by atoms with Gasteiger partial charge < -0.3 is 4.79 Å². The van der Waals surface area contributed by atoms with Crippen LogP contribution < -0.4 is 0 Å². The van der Waals surface area contributed by atoms with E-state index < -0.39 is 15.1 Å². The van der Waals surface area contributed by atoms with Gasteiger partial charge in [-0.3, -0.25) is 0 Å². The molecule has 0 bridgehead atoms. The molecule has 0 aliphatic heterocycles. The Hall–Kier alpha value is -1.16. The number of ketones is 1. The van der Waals surface area contributed by atoms with E-state index in [0.717, 1.165) is 5.56 Å². The van der Waals surface area contributed by atoms with Gasteiger partial charge in [0, 0.05) is 6.42 Å². The molecule has 4 heteroatoms. The van der Waals surface area contributed by atoms with Crippen LogP contribution in [0.15, 0.2) is 29.2 Å². The molecule has 1 aromatic rings. The first kappa shape index (κ1) is 13.9. The zero-order chi connectivity index (χ0) is 13.1. The molecule has 0 N–H and O–H groups in total. The normalized spacial score (nSPS) is 11.8. The van der Waals surface area contributed by atoms with E-state index in [4.69, 9.17) is 0 Å². The van der Waals surface area contributed by atoms with Gasteiger partial charge in [0.15, 0.2) is 9.84 Å². The molecule has 0 fully saturated rings. The molecular weight excluding hydrogens is 236 g/mol. The predicted molar refractivity (Wildman–Crippen MR) is 67.8 cm³/mol. The number of aryl methyl sites for hydroxylation is 1. The number of sulfone groups is 1. The van der Waals surface area contributed by atoms with Crippen LogP contribution in [0.3, 0.4) is 0 Å². The summed E-state index contributed by atoms with van der Waals surface area (Å²) < 4.78 is 23.7. The van der Waals surface area contributed by atoms with E-state index in [1.165, 1.54) is 0 Å². The minimum Gasteiger partial charge on any atom is -0.300 e. The zero-order valence-electron chi connectivity index (χ0n) is 10.4. The second kappa shape index (κ2) is 5.45.